The highest BCUT2D eigenvalue weighted by atomic mass is 32.2. The van der Waals surface area contributed by atoms with Crippen LogP contribution >= 0.6 is 0 Å². The van der Waals surface area contributed by atoms with E-state index in [1.807, 2.05) is 0 Å². The van der Waals surface area contributed by atoms with Gasteiger partial charge in [0.2, 0.25) is 10.0 Å². The topological polar surface area (TPSA) is 116 Å². The first-order valence-corrected chi connectivity index (χ1v) is 9.44. The zero-order chi connectivity index (χ0) is 19.4. The van der Waals surface area contributed by atoms with Gasteiger partial charge in [-0.2, -0.15) is 0 Å². The number of hydrogen-bond acceptors (Lipinski definition) is 4. The van der Waals surface area contributed by atoms with Crippen molar-refractivity contribution in [3.8, 4) is 0 Å². The SMILES string of the molecule is [2H]C([2H])(CC(O)c1cccc(NS(=O)(=O)C2CCCCC2)c1)NC(=O)O. The third-order valence-corrected chi connectivity index (χ3v) is 5.88. The molecule has 1 aromatic carbocycles. The molecule has 8 heteroatoms. The molecule has 0 saturated heterocycles. The van der Waals surface area contributed by atoms with Gasteiger partial charge >= 0.3 is 6.09 Å². The number of carboxylic acid groups (broad SMARTS) is 1. The summed E-state index contributed by atoms with van der Waals surface area (Å²) in [4.78, 5) is 10.6. The number of nitrogens with one attached hydrogen (secondary N) is 2. The summed E-state index contributed by atoms with van der Waals surface area (Å²) in [6.07, 6.45) is 0.730. The maximum atomic E-state index is 12.5. The lowest BCUT2D eigenvalue weighted by atomic mass is 10.0. The van der Waals surface area contributed by atoms with Crippen molar-refractivity contribution in [1.82, 2.24) is 5.32 Å². The fourth-order valence-electron chi connectivity index (χ4n) is 2.77. The Kier molecular flexibility index (Phi) is 5.46. The molecule has 0 heterocycles. The Bertz CT molecular complexity index is 736. The van der Waals surface area contributed by atoms with E-state index in [1.54, 1.807) is 17.4 Å². The van der Waals surface area contributed by atoms with Gasteiger partial charge in [0.25, 0.3) is 0 Å². The summed E-state index contributed by atoms with van der Waals surface area (Å²) in [5, 5.41) is 20.1. The quantitative estimate of drug-likeness (QED) is 0.597. The molecule has 1 unspecified atom stereocenters. The van der Waals surface area contributed by atoms with E-state index in [9.17, 15) is 18.3 Å². The molecule has 1 aliphatic carbocycles. The van der Waals surface area contributed by atoms with Crippen LogP contribution in [0.15, 0.2) is 24.3 Å². The smallest absolute Gasteiger partial charge is 0.404 e. The molecular formula is C16H24N2O5S. The van der Waals surface area contributed by atoms with Crippen LogP contribution in [0.25, 0.3) is 0 Å². The molecule has 0 bridgehead atoms. The number of rotatable bonds is 7. The second-order valence-electron chi connectivity index (χ2n) is 5.86. The third-order valence-electron chi connectivity index (χ3n) is 4.01. The average molecular weight is 358 g/mol. The summed E-state index contributed by atoms with van der Waals surface area (Å²) < 4.78 is 42.6. The van der Waals surface area contributed by atoms with Gasteiger partial charge in [-0.3, -0.25) is 4.72 Å². The molecule has 1 aliphatic rings. The van der Waals surface area contributed by atoms with Crippen molar-refractivity contribution in [2.24, 2.45) is 0 Å². The van der Waals surface area contributed by atoms with E-state index in [2.05, 4.69) is 4.72 Å². The Morgan fingerprint density at radius 1 is 1.33 bits per heavy atom. The lowest BCUT2D eigenvalue weighted by Crippen LogP contribution is -2.29. The van der Waals surface area contributed by atoms with E-state index in [0.717, 1.165) is 19.3 Å². The van der Waals surface area contributed by atoms with Crippen molar-refractivity contribution in [2.75, 3.05) is 11.2 Å². The van der Waals surface area contributed by atoms with E-state index in [1.165, 1.54) is 12.1 Å². The summed E-state index contributed by atoms with van der Waals surface area (Å²) in [5.74, 6) is 0. The van der Waals surface area contributed by atoms with Crippen LogP contribution in [0.5, 0.6) is 0 Å². The number of amides is 1. The van der Waals surface area contributed by atoms with Gasteiger partial charge in [-0.15, -0.1) is 0 Å². The molecule has 1 fully saturated rings. The van der Waals surface area contributed by atoms with Crippen LogP contribution < -0.4 is 10.0 Å². The number of aliphatic hydroxyl groups excluding tert-OH is 1. The predicted molar refractivity (Wildman–Crippen MR) is 91.5 cm³/mol. The predicted octanol–water partition coefficient (Wildman–Crippen LogP) is 2.45. The molecule has 1 aromatic rings. The van der Waals surface area contributed by atoms with Gasteiger partial charge in [-0.05, 0) is 37.0 Å². The number of carbonyl (C=O) groups is 1. The van der Waals surface area contributed by atoms with E-state index in [0.29, 0.717) is 24.1 Å². The van der Waals surface area contributed by atoms with Crippen molar-refractivity contribution in [1.29, 1.82) is 0 Å². The number of anilines is 1. The van der Waals surface area contributed by atoms with Gasteiger partial charge < -0.3 is 15.5 Å². The molecule has 24 heavy (non-hydrogen) atoms. The first-order valence-electron chi connectivity index (χ1n) is 8.90. The second kappa shape index (κ2) is 8.34. The van der Waals surface area contributed by atoms with Gasteiger partial charge in [0.1, 0.15) is 0 Å². The molecule has 1 atom stereocenters. The first kappa shape index (κ1) is 15.7. The molecular weight excluding hydrogens is 332 g/mol. The number of hydrogen-bond donors (Lipinski definition) is 4. The molecule has 2 rings (SSSR count). The Labute approximate surface area is 144 Å². The third kappa shape index (κ3) is 5.38. The molecule has 1 amide bonds. The number of aliphatic hydroxyl groups is 1. The fraction of sp³-hybridized carbons (Fsp3) is 0.562. The van der Waals surface area contributed by atoms with E-state index in [4.69, 9.17) is 7.85 Å². The van der Waals surface area contributed by atoms with Gasteiger partial charge in [0.05, 0.1) is 11.4 Å². The second-order valence-corrected chi connectivity index (χ2v) is 7.82. The summed E-state index contributed by atoms with van der Waals surface area (Å²) in [5.41, 5.74) is 0.587. The Balaban J connectivity index is 2.08. The lowest BCUT2D eigenvalue weighted by Gasteiger charge is -2.22. The fourth-order valence-corrected chi connectivity index (χ4v) is 4.35. The van der Waals surface area contributed by atoms with E-state index < -0.39 is 40.4 Å². The average Bonchev–Trinajstić information content (AvgIpc) is 2.54. The van der Waals surface area contributed by atoms with E-state index in [-0.39, 0.29) is 0 Å². The van der Waals surface area contributed by atoms with Crippen molar-refractivity contribution < 1.29 is 26.2 Å². The highest BCUT2D eigenvalue weighted by molar-refractivity contribution is 7.93. The van der Waals surface area contributed by atoms with Crippen molar-refractivity contribution in [2.45, 2.75) is 49.9 Å². The van der Waals surface area contributed by atoms with Crippen LogP contribution in [-0.4, -0.2) is 36.5 Å². The number of benzene rings is 1. The summed E-state index contributed by atoms with van der Waals surface area (Å²) in [6, 6.07) is 6.07. The molecule has 0 radical (unpaired) electrons. The minimum Gasteiger partial charge on any atom is -0.465 e. The molecule has 0 aromatic heterocycles. The van der Waals surface area contributed by atoms with Gasteiger partial charge in [-0.25, -0.2) is 13.2 Å². The molecule has 1 saturated carbocycles. The maximum Gasteiger partial charge on any atom is 0.404 e. The van der Waals surface area contributed by atoms with Gasteiger partial charge in [0, 0.05) is 14.9 Å². The minimum absolute atomic E-state index is 0.291. The highest BCUT2D eigenvalue weighted by Gasteiger charge is 2.27. The zero-order valence-corrected chi connectivity index (χ0v) is 14.1. The first-order chi connectivity index (χ1) is 12.1. The van der Waals surface area contributed by atoms with Gasteiger partial charge in [-0.1, -0.05) is 31.4 Å². The largest absolute Gasteiger partial charge is 0.465 e. The monoisotopic (exact) mass is 358 g/mol. The highest BCUT2D eigenvalue weighted by Crippen LogP contribution is 2.26. The van der Waals surface area contributed by atoms with Crippen molar-refractivity contribution in [3.63, 3.8) is 0 Å². The maximum absolute atomic E-state index is 12.5. The minimum atomic E-state index is -3.53. The zero-order valence-electron chi connectivity index (χ0n) is 15.2. The summed E-state index contributed by atoms with van der Waals surface area (Å²) in [6.45, 7) is -2.32. The molecule has 0 spiro atoms. The summed E-state index contributed by atoms with van der Waals surface area (Å²) >= 11 is 0. The van der Waals surface area contributed by atoms with Crippen LogP contribution in [0.3, 0.4) is 0 Å². The molecule has 0 aliphatic heterocycles. The summed E-state index contributed by atoms with van der Waals surface area (Å²) in [7, 11) is -3.53. The Morgan fingerprint density at radius 3 is 2.71 bits per heavy atom. The molecule has 7 nitrogen and oxygen atoms in total. The Hall–Kier alpha value is -1.80. The van der Waals surface area contributed by atoms with Crippen LogP contribution in [0.4, 0.5) is 10.5 Å². The lowest BCUT2D eigenvalue weighted by molar-refractivity contribution is 0.162. The molecule has 4 N–H and O–H groups in total. The van der Waals surface area contributed by atoms with E-state index >= 15 is 0 Å². The van der Waals surface area contributed by atoms with Crippen molar-refractivity contribution >= 4 is 21.8 Å². The van der Waals surface area contributed by atoms with Crippen LogP contribution in [-0.2, 0) is 10.0 Å². The van der Waals surface area contributed by atoms with Crippen LogP contribution in [0.1, 0.15) is 52.9 Å². The van der Waals surface area contributed by atoms with Gasteiger partial charge in [0.15, 0.2) is 0 Å². The molecule has 134 valence electrons. The standard InChI is InChI=1S/C16H24N2O5S/c19-15(9-10-17-16(20)21)12-5-4-6-13(11-12)18-24(22,23)14-7-2-1-3-8-14/h4-6,11,14-15,17-19H,1-3,7-10H2,(H,20,21)/i10D2. The Morgan fingerprint density at radius 2 is 2.04 bits per heavy atom. The normalized spacial score (nSPS) is 19.0. The van der Waals surface area contributed by atoms with Crippen molar-refractivity contribution in [3.05, 3.63) is 29.8 Å². The van der Waals surface area contributed by atoms with Crippen LogP contribution in [0, 0.1) is 0 Å². The van der Waals surface area contributed by atoms with Crippen LogP contribution in [0.2, 0.25) is 0 Å². The number of sulfonamides is 1.